The summed E-state index contributed by atoms with van der Waals surface area (Å²) in [5, 5.41) is 0. The lowest BCUT2D eigenvalue weighted by molar-refractivity contribution is 0.157. The Labute approximate surface area is 87.0 Å². The van der Waals surface area contributed by atoms with Gasteiger partial charge in [-0.15, -0.1) is 0 Å². The largest absolute Gasteiger partial charge is 0.448 e. The molecule has 6 nitrogen and oxygen atoms in total. The lowest BCUT2D eigenvalue weighted by Crippen LogP contribution is -2.23. The number of carbonyl (C=O) groups is 1. The number of aromatic nitrogens is 1. The summed E-state index contributed by atoms with van der Waals surface area (Å²) in [4.78, 5) is 16.8. The number of nitrogens with two attached hydrogens (primary N) is 1. The SMILES string of the molecule is NNc1ccc(CN2CCOC2=O)cn1. The molecule has 1 amide bonds. The van der Waals surface area contributed by atoms with Crippen molar-refractivity contribution in [3.05, 3.63) is 23.9 Å². The summed E-state index contributed by atoms with van der Waals surface area (Å²) in [5.74, 6) is 5.79. The summed E-state index contributed by atoms with van der Waals surface area (Å²) in [5.41, 5.74) is 3.39. The van der Waals surface area contributed by atoms with Crippen molar-refractivity contribution in [1.29, 1.82) is 0 Å². The summed E-state index contributed by atoms with van der Waals surface area (Å²) < 4.78 is 4.82. The molecule has 1 fully saturated rings. The highest BCUT2D eigenvalue weighted by atomic mass is 16.6. The van der Waals surface area contributed by atoms with Crippen LogP contribution in [0.3, 0.4) is 0 Å². The van der Waals surface area contributed by atoms with Crippen molar-refractivity contribution in [3.8, 4) is 0 Å². The number of hydrogen-bond acceptors (Lipinski definition) is 5. The van der Waals surface area contributed by atoms with Crippen molar-refractivity contribution < 1.29 is 9.53 Å². The maximum atomic E-state index is 11.2. The molecule has 0 saturated carbocycles. The number of hydrogen-bond donors (Lipinski definition) is 2. The molecule has 1 aromatic rings. The minimum atomic E-state index is -0.268. The third-order valence-electron chi connectivity index (χ3n) is 2.19. The molecule has 3 N–H and O–H groups in total. The molecule has 0 spiro atoms. The Morgan fingerprint density at radius 3 is 3.00 bits per heavy atom. The van der Waals surface area contributed by atoms with E-state index in [0.717, 1.165) is 5.56 Å². The first-order chi connectivity index (χ1) is 7.29. The van der Waals surface area contributed by atoms with Crippen LogP contribution >= 0.6 is 0 Å². The first-order valence-electron chi connectivity index (χ1n) is 4.63. The molecule has 0 radical (unpaired) electrons. The molecule has 1 aliphatic heterocycles. The highest BCUT2D eigenvalue weighted by Crippen LogP contribution is 2.10. The van der Waals surface area contributed by atoms with Crippen LogP contribution in [-0.2, 0) is 11.3 Å². The van der Waals surface area contributed by atoms with Gasteiger partial charge in [-0.25, -0.2) is 15.6 Å². The van der Waals surface area contributed by atoms with Crippen molar-refractivity contribution in [1.82, 2.24) is 9.88 Å². The number of nitrogen functional groups attached to an aromatic ring is 1. The zero-order chi connectivity index (χ0) is 10.7. The number of carbonyl (C=O) groups excluding carboxylic acids is 1. The zero-order valence-corrected chi connectivity index (χ0v) is 8.14. The van der Waals surface area contributed by atoms with E-state index >= 15 is 0 Å². The van der Waals surface area contributed by atoms with E-state index in [0.29, 0.717) is 25.5 Å². The quantitative estimate of drug-likeness (QED) is 0.552. The lowest BCUT2D eigenvalue weighted by Gasteiger charge is -2.12. The van der Waals surface area contributed by atoms with Crippen LogP contribution in [0.1, 0.15) is 5.56 Å². The Morgan fingerprint density at radius 2 is 2.47 bits per heavy atom. The molecule has 0 unspecified atom stereocenters. The molecule has 80 valence electrons. The molecular formula is C9H12N4O2. The average molecular weight is 208 g/mol. The van der Waals surface area contributed by atoms with Crippen LogP contribution in [0.5, 0.6) is 0 Å². The van der Waals surface area contributed by atoms with Gasteiger partial charge in [0.2, 0.25) is 0 Å². The van der Waals surface area contributed by atoms with E-state index in [1.54, 1.807) is 17.2 Å². The predicted molar refractivity (Wildman–Crippen MR) is 53.8 cm³/mol. The fourth-order valence-electron chi connectivity index (χ4n) is 1.39. The lowest BCUT2D eigenvalue weighted by atomic mass is 10.2. The van der Waals surface area contributed by atoms with Gasteiger partial charge in [-0.2, -0.15) is 0 Å². The smallest absolute Gasteiger partial charge is 0.410 e. The van der Waals surface area contributed by atoms with Crippen LogP contribution in [0.15, 0.2) is 18.3 Å². The maximum Gasteiger partial charge on any atom is 0.410 e. The van der Waals surface area contributed by atoms with Crippen molar-refractivity contribution >= 4 is 11.9 Å². The van der Waals surface area contributed by atoms with Crippen LogP contribution in [0.2, 0.25) is 0 Å². The van der Waals surface area contributed by atoms with Crippen LogP contribution in [0, 0.1) is 0 Å². The minimum absolute atomic E-state index is 0.268. The molecule has 15 heavy (non-hydrogen) atoms. The second-order valence-corrected chi connectivity index (χ2v) is 3.23. The third-order valence-corrected chi connectivity index (χ3v) is 2.19. The fraction of sp³-hybridized carbons (Fsp3) is 0.333. The van der Waals surface area contributed by atoms with E-state index in [-0.39, 0.29) is 6.09 Å². The van der Waals surface area contributed by atoms with Crippen LogP contribution < -0.4 is 11.3 Å². The van der Waals surface area contributed by atoms with Crippen molar-refractivity contribution in [2.75, 3.05) is 18.6 Å². The topological polar surface area (TPSA) is 80.5 Å². The number of anilines is 1. The molecule has 2 rings (SSSR count). The molecule has 1 aliphatic rings. The highest BCUT2D eigenvalue weighted by Gasteiger charge is 2.21. The molecule has 0 aliphatic carbocycles. The van der Waals surface area contributed by atoms with E-state index in [1.165, 1.54) is 0 Å². The van der Waals surface area contributed by atoms with E-state index in [2.05, 4.69) is 10.4 Å². The number of nitrogens with zero attached hydrogens (tertiary/aromatic N) is 2. The highest BCUT2D eigenvalue weighted by molar-refractivity contribution is 5.69. The molecule has 0 bridgehead atoms. The number of pyridine rings is 1. The predicted octanol–water partition coefficient (Wildman–Crippen LogP) is 0.319. The summed E-state index contributed by atoms with van der Waals surface area (Å²) in [6.45, 7) is 1.63. The maximum absolute atomic E-state index is 11.2. The number of cyclic esters (lactones) is 1. The first-order valence-corrected chi connectivity index (χ1v) is 4.63. The van der Waals surface area contributed by atoms with Crippen molar-refractivity contribution in [2.45, 2.75) is 6.54 Å². The van der Waals surface area contributed by atoms with Gasteiger partial charge in [-0.3, -0.25) is 0 Å². The summed E-state index contributed by atoms with van der Waals surface area (Å²) in [6, 6.07) is 3.63. The summed E-state index contributed by atoms with van der Waals surface area (Å²) in [6.07, 6.45) is 1.41. The second kappa shape index (κ2) is 4.14. The van der Waals surface area contributed by atoms with Crippen molar-refractivity contribution in [2.24, 2.45) is 5.84 Å². The first kappa shape index (κ1) is 9.72. The standard InChI is InChI=1S/C9H12N4O2/c10-12-8-2-1-7(5-11-8)6-13-3-4-15-9(13)14/h1-2,5H,3-4,6,10H2,(H,11,12). The fourth-order valence-corrected chi connectivity index (χ4v) is 1.39. The number of nitrogens with one attached hydrogen (secondary N) is 1. The Bertz CT molecular complexity index is 352. The second-order valence-electron chi connectivity index (χ2n) is 3.23. The summed E-state index contributed by atoms with van der Waals surface area (Å²) in [7, 11) is 0. The van der Waals surface area contributed by atoms with Crippen LogP contribution in [0.4, 0.5) is 10.6 Å². The van der Waals surface area contributed by atoms with E-state index in [9.17, 15) is 4.79 Å². The van der Waals surface area contributed by atoms with E-state index in [4.69, 9.17) is 10.6 Å². The normalized spacial score (nSPS) is 15.3. The number of amides is 1. The van der Waals surface area contributed by atoms with Crippen LogP contribution in [0.25, 0.3) is 0 Å². The van der Waals surface area contributed by atoms with Gasteiger partial charge in [0.05, 0.1) is 13.1 Å². The molecule has 0 aromatic carbocycles. The van der Waals surface area contributed by atoms with Gasteiger partial charge >= 0.3 is 6.09 Å². The number of ether oxygens (including phenoxy) is 1. The molecule has 1 aromatic heterocycles. The van der Waals surface area contributed by atoms with Gasteiger partial charge in [0.1, 0.15) is 12.4 Å². The van der Waals surface area contributed by atoms with Gasteiger partial charge in [0, 0.05) is 6.20 Å². The van der Waals surface area contributed by atoms with Gasteiger partial charge in [0.25, 0.3) is 0 Å². The Morgan fingerprint density at radius 1 is 1.60 bits per heavy atom. The Hall–Kier alpha value is -1.82. The molecule has 2 heterocycles. The molecule has 1 saturated heterocycles. The monoisotopic (exact) mass is 208 g/mol. The van der Waals surface area contributed by atoms with Gasteiger partial charge in [-0.1, -0.05) is 6.07 Å². The Kier molecular flexibility index (Phi) is 2.68. The van der Waals surface area contributed by atoms with E-state index in [1.807, 2.05) is 6.07 Å². The van der Waals surface area contributed by atoms with Crippen molar-refractivity contribution in [3.63, 3.8) is 0 Å². The Balaban J connectivity index is 2.01. The molecule has 0 atom stereocenters. The van der Waals surface area contributed by atoms with Gasteiger partial charge in [-0.05, 0) is 11.6 Å². The number of rotatable bonds is 3. The third kappa shape index (κ3) is 2.16. The molecular weight excluding hydrogens is 196 g/mol. The molecule has 6 heteroatoms. The summed E-state index contributed by atoms with van der Waals surface area (Å²) >= 11 is 0. The van der Waals surface area contributed by atoms with Gasteiger partial charge in [0.15, 0.2) is 0 Å². The van der Waals surface area contributed by atoms with E-state index < -0.39 is 0 Å². The number of hydrazine groups is 1. The van der Waals surface area contributed by atoms with Crippen LogP contribution in [-0.4, -0.2) is 29.1 Å². The van der Waals surface area contributed by atoms with Gasteiger partial charge < -0.3 is 15.1 Å². The average Bonchev–Trinajstić information content (AvgIpc) is 2.66. The minimum Gasteiger partial charge on any atom is -0.448 e. The zero-order valence-electron chi connectivity index (χ0n) is 8.14.